The SMILES string of the molecule is Cc1nn(C)c(O)c1C(=O)C1=CC(=S(=O)=O)C(C)C(C2=NOC(C#N)C2)=C1Cl. The third kappa shape index (κ3) is 3.12. The number of nitriles is 1. The van der Waals surface area contributed by atoms with Crippen molar-refractivity contribution >= 4 is 38.3 Å². The van der Waals surface area contributed by atoms with Crippen molar-refractivity contribution in [1.82, 2.24) is 9.78 Å². The summed E-state index contributed by atoms with van der Waals surface area (Å²) < 4.78 is 24.6. The molecule has 11 heteroatoms. The first-order valence-electron chi connectivity index (χ1n) is 8.15. The van der Waals surface area contributed by atoms with Crippen LogP contribution in [0.25, 0.3) is 0 Å². The monoisotopic (exact) mass is 422 g/mol. The quantitative estimate of drug-likeness (QED) is 0.574. The van der Waals surface area contributed by atoms with Crippen LogP contribution in [0.15, 0.2) is 27.4 Å². The Bertz CT molecular complexity index is 1160. The number of hydrogen-bond acceptors (Lipinski definition) is 8. The summed E-state index contributed by atoms with van der Waals surface area (Å²) in [5, 5.41) is 27.0. The Morgan fingerprint density at radius 3 is 2.68 bits per heavy atom. The first kappa shape index (κ1) is 19.9. The van der Waals surface area contributed by atoms with Crippen LogP contribution in [0.4, 0.5) is 0 Å². The maximum atomic E-state index is 13.1. The second-order valence-electron chi connectivity index (χ2n) is 6.35. The van der Waals surface area contributed by atoms with Crippen molar-refractivity contribution in [2.45, 2.75) is 26.4 Å². The minimum Gasteiger partial charge on any atom is -0.493 e. The van der Waals surface area contributed by atoms with E-state index in [2.05, 4.69) is 10.3 Å². The van der Waals surface area contributed by atoms with E-state index in [4.69, 9.17) is 21.7 Å². The second-order valence-corrected chi connectivity index (χ2v) is 7.67. The van der Waals surface area contributed by atoms with E-state index in [1.807, 2.05) is 6.07 Å². The zero-order valence-electron chi connectivity index (χ0n) is 15.1. The third-order valence-electron chi connectivity index (χ3n) is 4.60. The molecule has 1 aromatic rings. The largest absolute Gasteiger partial charge is 0.493 e. The number of oxime groups is 1. The Hall–Kier alpha value is -2.90. The van der Waals surface area contributed by atoms with Gasteiger partial charge in [-0.1, -0.05) is 23.7 Å². The zero-order valence-corrected chi connectivity index (χ0v) is 16.7. The van der Waals surface area contributed by atoms with Crippen molar-refractivity contribution < 1.29 is 23.2 Å². The minimum atomic E-state index is -2.63. The molecule has 28 heavy (non-hydrogen) atoms. The molecule has 0 bridgehead atoms. The molecule has 0 fully saturated rings. The molecule has 2 atom stereocenters. The normalized spacial score (nSPS) is 21.8. The molecule has 0 aromatic carbocycles. The summed E-state index contributed by atoms with van der Waals surface area (Å²) in [5.74, 6) is -1.72. The van der Waals surface area contributed by atoms with E-state index in [-0.39, 0.29) is 39.0 Å². The number of halogens is 1. The second kappa shape index (κ2) is 7.26. The molecule has 9 nitrogen and oxygen atoms in total. The summed E-state index contributed by atoms with van der Waals surface area (Å²) in [7, 11) is -1.16. The first-order valence-corrected chi connectivity index (χ1v) is 9.60. The maximum Gasteiger partial charge on any atom is 0.220 e. The lowest BCUT2D eigenvalue weighted by Gasteiger charge is -2.22. The van der Waals surface area contributed by atoms with Gasteiger partial charge < -0.3 is 9.94 Å². The summed E-state index contributed by atoms with van der Waals surface area (Å²) in [5.41, 5.74) is 0.689. The van der Waals surface area contributed by atoms with E-state index in [0.29, 0.717) is 11.3 Å². The average molecular weight is 423 g/mol. The van der Waals surface area contributed by atoms with Crippen molar-refractivity contribution in [2.24, 2.45) is 18.1 Å². The van der Waals surface area contributed by atoms with Gasteiger partial charge in [0.1, 0.15) is 11.6 Å². The molecule has 1 aromatic heterocycles. The molecule has 3 rings (SSSR count). The Labute approximate surface area is 166 Å². The van der Waals surface area contributed by atoms with Crippen LogP contribution in [0.2, 0.25) is 0 Å². The van der Waals surface area contributed by atoms with Crippen molar-refractivity contribution in [2.75, 3.05) is 0 Å². The molecule has 1 aliphatic heterocycles. The number of aryl methyl sites for hydroxylation is 2. The van der Waals surface area contributed by atoms with Gasteiger partial charge in [-0.25, -0.2) is 4.68 Å². The van der Waals surface area contributed by atoms with Gasteiger partial charge in [0.05, 0.1) is 21.3 Å². The Morgan fingerprint density at radius 1 is 1.50 bits per heavy atom. The summed E-state index contributed by atoms with van der Waals surface area (Å²) >= 11 is 6.49. The lowest BCUT2D eigenvalue weighted by Crippen LogP contribution is -2.26. The molecule has 0 saturated heterocycles. The van der Waals surface area contributed by atoms with E-state index >= 15 is 0 Å². The molecule has 2 unspecified atom stereocenters. The Balaban J connectivity index is 2.19. The zero-order chi connectivity index (χ0) is 20.7. The van der Waals surface area contributed by atoms with Gasteiger partial charge in [-0.3, -0.25) is 4.79 Å². The van der Waals surface area contributed by atoms with E-state index < -0.39 is 28.1 Å². The van der Waals surface area contributed by atoms with Gasteiger partial charge in [-0.2, -0.15) is 18.8 Å². The number of carbonyl (C=O) groups excluding carboxylic acids is 1. The lowest BCUT2D eigenvalue weighted by atomic mass is 9.83. The molecule has 0 radical (unpaired) electrons. The van der Waals surface area contributed by atoms with Gasteiger partial charge >= 0.3 is 0 Å². The Kier molecular flexibility index (Phi) is 5.14. The highest BCUT2D eigenvalue weighted by molar-refractivity contribution is 7.73. The highest BCUT2D eigenvalue weighted by Gasteiger charge is 2.36. The Morgan fingerprint density at radius 2 is 2.18 bits per heavy atom. The highest BCUT2D eigenvalue weighted by Crippen LogP contribution is 2.37. The number of ketones is 1. The van der Waals surface area contributed by atoms with E-state index in [0.717, 1.165) is 4.68 Å². The number of carbonyl (C=O) groups is 1. The van der Waals surface area contributed by atoms with Gasteiger partial charge in [-0.15, -0.1) is 0 Å². The number of allylic oxidation sites excluding steroid dienone is 4. The van der Waals surface area contributed by atoms with E-state index in [1.165, 1.54) is 13.1 Å². The smallest absolute Gasteiger partial charge is 0.220 e. The highest BCUT2D eigenvalue weighted by atomic mass is 35.5. The summed E-state index contributed by atoms with van der Waals surface area (Å²) in [6.07, 6.45) is 0.491. The van der Waals surface area contributed by atoms with Crippen LogP contribution in [0, 0.1) is 24.2 Å². The molecule has 1 aliphatic carbocycles. The fraction of sp³-hybridized carbons (Fsp3) is 0.353. The molecule has 2 heterocycles. The molecular formula is C17H15ClN4O5S. The molecule has 0 amide bonds. The minimum absolute atomic E-state index is 0.00436. The van der Waals surface area contributed by atoms with Gasteiger partial charge in [0.15, 0.2) is 0 Å². The summed E-state index contributed by atoms with van der Waals surface area (Å²) in [6.45, 7) is 3.15. The topological polar surface area (TPSA) is 135 Å². The molecule has 2 aliphatic rings. The fourth-order valence-electron chi connectivity index (χ4n) is 3.19. The first-order chi connectivity index (χ1) is 13.2. The molecule has 0 saturated carbocycles. The van der Waals surface area contributed by atoms with Crippen molar-refractivity contribution in [3.63, 3.8) is 0 Å². The van der Waals surface area contributed by atoms with Crippen molar-refractivity contribution in [3.8, 4) is 11.9 Å². The predicted molar refractivity (Wildman–Crippen MR) is 101 cm³/mol. The van der Waals surface area contributed by atoms with Gasteiger partial charge in [0.25, 0.3) is 0 Å². The number of Topliss-reactive ketones (excluding diaryl/α,β-unsaturated/α-hetero) is 1. The van der Waals surface area contributed by atoms with Crippen molar-refractivity contribution in [1.29, 1.82) is 5.26 Å². The van der Waals surface area contributed by atoms with E-state index in [1.54, 1.807) is 13.8 Å². The molecular weight excluding hydrogens is 408 g/mol. The number of hydrogen-bond donors (Lipinski definition) is 1. The van der Waals surface area contributed by atoms with Crippen molar-refractivity contribution in [3.05, 3.63) is 33.5 Å². The number of aromatic hydroxyl groups is 1. The molecule has 1 N–H and O–H groups in total. The van der Waals surface area contributed by atoms with Crippen LogP contribution >= 0.6 is 11.6 Å². The lowest BCUT2D eigenvalue weighted by molar-refractivity contribution is 0.103. The molecule has 146 valence electrons. The van der Waals surface area contributed by atoms with Crippen LogP contribution in [-0.2, 0) is 22.2 Å². The third-order valence-corrected chi connectivity index (χ3v) is 5.86. The summed E-state index contributed by atoms with van der Waals surface area (Å²) in [6, 6.07) is 1.92. The van der Waals surface area contributed by atoms with E-state index in [9.17, 15) is 18.3 Å². The van der Waals surface area contributed by atoms with Crippen LogP contribution < -0.4 is 0 Å². The number of aromatic nitrogens is 2. The maximum absolute atomic E-state index is 13.1. The molecule has 0 spiro atoms. The van der Waals surface area contributed by atoms with Crippen LogP contribution in [0.1, 0.15) is 29.4 Å². The van der Waals surface area contributed by atoms with Gasteiger partial charge in [-0.05, 0) is 13.0 Å². The van der Waals surface area contributed by atoms with Gasteiger partial charge in [0, 0.05) is 30.5 Å². The number of rotatable bonds is 3. The van der Waals surface area contributed by atoms with Crippen LogP contribution in [0.3, 0.4) is 0 Å². The standard InChI is InChI=1S/C17H15ClN4O5S/c1-7-12(28(25)26)5-10(16(23)14-8(2)20-22(3)17(14)24)15(18)13(7)11-4-9(6-19)27-21-11/h5,7,9,24H,4H2,1-3H3. The fourth-order valence-corrected chi connectivity index (χ4v) is 4.23. The number of nitrogens with zero attached hydrogens (tertiary/aromatic N) is 4. The predicted octanol–water partition coefficient (Wildman–Crippen LogP) is 1.41. The van der Waals surface area contributed by atoms with Crippen LogP contribution in [0.5, 0.6) is 5.88 Å². The van der Waals surface area contributed by atoms with Crippen LogP contribution in [-0.4, -0.2) is 45.8 Å². The average Bonchev–Trinajstić information content (AvgIpc) is 3.19. The van der Waals surface area contributed by atoms with Gasteiger partial charge in [0.2, 0.25) is 28.1 Å². The summed E-state index contributed by atoms with van der Waals surface area (Å²) in [4.78, 5) is 18.0.